The molecule has 0 aliphatic rings. The van der Waals surface area contributed by atoms with Crippen LogP contribution in [-0.2, 0) is 11.4 Å². The Morgan fingerprint density at radius 2 is 1.93 bits per heavy atom. The second kappa shape index (κ2) is 4.94. The molecule has 15 heavy (non-hydrogen) atoms. The van der Waals surface area contributed by atoms with E-state index in [4.69, 9.17) is 9.84 Å². The smallest absolute Gasteiger partial charge is 0.123 e. The van der Waals surface area contributed by atoms with Crippen molar-refractivity contribution >= 4 is 6.29 Å². The summed E-state index contributed by atoms with van der Waals surface area (Å²) in [6.07, 6.45) is 1.21. The lowest BCUT2D eigenvalue weighted by Crippen LogP contribution is -2.28. The number of carbonyl (C=O) groups excluding carboxylic acids is 1. The molecule has 1 N–H and O–H groups in total. The summed E-state index contributed by atoms with van der Waals surface area (Å²) in [5, 5.41) is 8.86. The Balaban J connectivity index is 2.68. The summed E-state index contributed by atoms with van der Waals surface area (Å²) in [5.74, 6) is 0.707. The van der Waals surface area contributed by atoms with Gasteiger partial charge in [-0.25, -0.2) is 0 Å². The van der Waals surface area contributed by atoms with Gasteiger partial charge in [0.25, 0.3) is 0 Å². The molecular weight excluding hydrogens is 192 g/mol. The summed E-state index contributed by atoms with van der Waals surface area (Å²) in [7, 11) is 0. The maximum absolute atomic E-state index is 10.4. The number of aldehydes is 1. The van der Waals surface area contributed by atoms with E-state index in [9.17, 15) is 4.79 Å². The minimum absolute atomic E-state index is 0.0258. The van der Waals surface area contributed by atoms with Crippen LogP contribution in [0.25, 0.3) is 0 Å². The van der Waals surface area contributed by atoms with Crippen LogP contribution in [0.4, 0.5) is 0 Å². The molecule has 0 saturated heterocycles. The predicted molar refractivity (Wildman–Crippen MR) is 57.8 cm³/mol. The number of carbonyl (C=O) groups is 1. The van der Waals surface area contributed by atoms with Gasteiger partial charge in [-0.15, -0.1) is 0 Å². The molecule has 0 saturated carbocycles. The third-order valence-corrected chi connectivity index (χ3v) is 2.07. The maximum atomic E-state index is 10.4. The fourth-order valence-electron chi connectivity index (χ4n) is 1.22. The first kappa shape index (κ1) is 11.7. The zero-order valence-corrected chi connectivity index (χ0v) is 9.06. The van der Waals surface area contributed by atoms with Crippen molar-refractivity contribution in [1.29, 1.82) is 0 Å². The number of hydrogen-bond acceptors (Lipinski definition) is 3. The van der Waals surface area contributed by atoms with Gasteiger partial charge in [-0.2, -0.15) is 0 Å². The Hall–Kier alpha value is -1.35. The summed E-state index contributed by atoms with van der Waals surface area (Å²) in [5.41, 5.74) is 0.359. The lowest BCUT2D eigenvalue weighted by atomic mass is 10.1. The van der Waals surface area contributed by atoms with Crippen LogP contribution < -0.4 is 4.74 Å². The Kier molecular flexibility index (Phi) is 3.86. The van der Waals surface area contributed by atoms with Crippen LogP contribution in [0.15, 0.2) is 24.3 Å². The number of hydrogen-bond donors (Lipinski definition) is 1. The van der Waals surface area contributed by atoms with Gasteiger partial charge in [0.15, 0.2) is 0 Å². The molecular formula is C12H16O3. The molecule has 3 heteroatoms. The van der Waals surface area contributed by atoms with Crippen molar-refractivity contribution in [2.45, 2.75) is 32.5 Å². The second-order valence-electron chi connectivity index (χ2n) is 4.03. The molecule has 1 rings (SSSR count). The highest BCUT2D eigenvalue weighted by Crippen LogP contribution is 2.20. The normalized spacial score (nSPS) is 11.1. The SMILES string of the molecule is CC(C)(CC=O)Oc1ccc(CO)cc1. The molecule has 0 fully saturated rings. The van der Waals surface area contributed by atoms with E-state index in [2.05, 4.69) is 0 Å². The van der Waals surface area contributed by atoms with Crippen molar-refractivity contribution in [3.8, 4) is 5.75 Å². The third kappa shape index (κ3) is 3.72. The van der Waals surface area contributed by atoms with Crippen LogP contribution in [0.1, 0.15) is 25.8 Å². The maximum Gasteiger partial charge on any atom is 0.123 e. The minimum atomic E-state index is -0.484. The topological polar surface area (TPSA) is 46.5 Å². The molecule has 0 heterocycles. The first-order valence-corrected chi connectivity index (χ1v) is 4.90. The summed E-state index contributed by atoms with van der Waals surface area (Å²) in [6.45, 7) is 3.75. The monoisotopic (exact) mass is 208 g/mol. The van der Waals surface area contributed by atoms with Gasteiger partial charge < -0.3 is 14.6 Å². The van der Waals surface area contributed by atoms with Crippen molar-refractivity contribution in [2.75, 3.05) is 0 Å². The molecule has 82 valence electrons. The highest BCUT2D eigenvalue weighted by atomic mass is 16.5. The molecule has 0 atom stereocenters. The highest BCUT2D eigenvalue weighted by molar-refractivity contribution is 5.51. The van der Waals surface area contributed by atoms with Gasteiger partial charge >= 0.3 is 0 Å². The van der Waals surface area contributed by atoms with Gasteiger partial charge in [0, 0.05) is 6.42 Å². The average Bonchev–Trinajstić information content (AvgIpc) is 2.18. The Morgan fingerprint density at radius 3 is 2.40 bits per heavy atom. The number of aliphatic hydroxyl groups is 1. The summed E-state index contributed by atoms with van der Waals surface area (Å²) in [6, 6.07) is 7.18. The van der Waals surface area contributed by atoms with E-state index in [-0.39, 0.29) is 6.61 Å². The molecule has 0 spiro atoms. The van der Waals surface area contributed by atoms with Crippen molar-refractivity contribution in [2.24, 2.45) is 0 Å². The van der Waals surface area contributed by atoms with Gasteiger partial charge in [0.05, 0.1) is 6.61 Å². The van der Waals surface area contributed by atoms with Gasteiger partial charge in [-0.3, -0.25) is 0 Å². The molecule has 1 aromatic carbocycles. The zero-order valence-electron chi connectivity index (χ0n) is 9.06. The average molecular weight is 208 g/mol. The number of rotatable bonds is 5. The summed E-state index contributed by atoms with van der Waals surface area (Å²) < 4.78 is 5.63. The summed E-state index contributed by atoms with van der Waals surface area (Å²) >= 11 is 0. The van der Waals surface area contributed by atoms with Crippen LogP contribution in [-0.4, -0.2) is 17.0 Å². The van der Waals surface area contributed by atoms with E-state index in [1.54, 1.807) is 24.3 Å². The standard InChI is InChI=1S/C12H16O3/c1-12(2,7-8-13)15-11-5-3-10(9-14)4-6-11/h3-6,8,14H,7,9H2,1-2H3. The molecule has 0 aromatic heterocycles. The van der Waals surface area contributed by atoms with Crippen LogP contribution in [0.3, 0.4) is 0 Å². The van der Waals surface area contributed by atoms with Gasteiger partial charge in [0.1, 0.15) is 17.6 Å². The number of aliphatic hydroxyl groups excluding tert-OH is 1. The number of benzene rings is 1. The molecule has 0 aliphatic carbocycles. The van der Waals surface area contributed by atoms with Gasteiger partial charge in [-0.1, -0.05) is 12.1 Å². The lowest BCUT2D eigenvalue weighted by Gasteiger charge is -2.24. The van der Waals surface area contributed by atoms with Crippen molar-refractivity contribution in [1.82, 2.24) is 0 Å². The van der Waals surface area contributed by atoms with Gasteiger partial charge in [-0.05, 0) is 31.5 Å². The van der Waals surface area contributed by atoms with E-state index in [1.165, 1.54) is 0 Å². The Morgan fingerprint density at radius 1 is 1.33 bits per heavy atom. The van der Waals surface area contributed by atoms with Crippen molar-refractivity contribution in [3.63, 3.8) is 0 Å². The Bertz CT molecular complexity index is 314. The minimum Gasteiger partial charge on any atom is -0.487 e. The van der Waals surface area contributed by atoms with E-state index >= 15 is 0 Å². The van der Waals surface area contributed by atoms with Gasteiger partial charge in [0.2, 0.25) is 0 Å². The van der Waals surface area contributed by atoms with Crippen LogP contribution in [0.5, 0.6) is 5.75 Å². The largest absolute Gasteiger partial charge is 0.487 e. The fourth-order valence-corrected chi connectivity index (χ4v) is 1.22. The quantitative estimate of drug-likeness (QED) is 0.752. The van der Waals surface area contributed by atoms with Crippen LogP contribution >= 0.6 is 0 Å². The molecule has 0 aliphatic heterocycles. The van der Waals surface area contributed by atoms with E-state index in [0.29, 0.717) is 12.2 Å². The molecule has 0 bridgehead atoms. The first-order valence-electron chi connectivity index (χ1n) is 4.90. The molecule has 1 aromatic rings. The van der Waals surface area contributed by atoms with E-state index in [1.807, 2.05) is 13.8 Å². The molecule has 0 unspecified atom stereocenters. The first-order chi connectivity index (χ1) is 7.07. The summed E-state index contributed by atoms with van der Waals surface area (Å²) in [4.78, 5) is 10.4. The number of ether oxygens (including phenoxy) is 1. The second-order valence-corrected chi connectivity index (χ2v) is 4.03. The lowest BCUT2D eigenvalue weighted by molar-refractivity contribution is -0.110. The predicted octanol–water partition coefficient (Wildman–Crippen LogP) is 1.93. The molecule has 0 amide bonds. The van der Waals surface area contributed by atoms with E-state index in [0.717, 1.165) is 11.8 Å². The Labute approximate surface area is 89.7 Å². The van der Waals surface area contributed by atoms with E-state index < -0.39 is 5.60 Å². The third-order valence-electron chi connectivity index (χ3n) is 2.07. The van der Waals surface area contributed by atoms with Crippen molar-refractivity contribution in [3.05, 3.63) is 29.8 Å². The van der Waals surface area contributed by atoms with Crippen LogP contribution in [0.2, 0.25) is 0 Å². The molecule has 0 radical (unpaired) electrons. The zero-order chi connectivity index (χ0) is 11.3. The van der Waals surface area contributed by atoms with Crippen molar-refractivity contribution < 1.29 is 14.6 Å². The fraction of sp³-hybridized carbons (Fsp3) is 0.417. The molecule has 3 nitrogen and oxygen atoms in total. The van der Waals surface area contributed by atoms with Crippen LogP contribution in [0, 0.1) is 0 Å². The highest BCUT2D eigenvalue weighted by Gasteiger charge is 2.18.